The highest BCUT2D eigenvalue weighted by Crippen LogP contribution is 2.47. The highest BCUT2D eigenvalue weighted by Gasteiger charge is 2.44. The fraction of sp³-hybridized carbons (Fsp3) is 0.632. The van der Waals surface area contributed by atoms with E-state index in [-0.39, 0.29) is 6.09 Å². The minimum Gasteiger partial charge on any atom is -0.444 e. The minimum absolute atomic E-state index is 0.171. The second-order valence-corrected chi connectivity index (χ2v) is 9.22. The third-order valence-electron chi connectivity index (χ3n) is 5.32. The van der Waals surface area contributed by atoms with E-state index in [0.29, 0.717) is 11.8 Å². The lowest BCUT2D eigenvalue weighted by atomic mass is 9.80. The Labute approximate surface area is 152 Å². The van der Waals surface area contributed by atoms with E-state index < -0.39 is 5.60 Å². The average Bonchev–Trinajstić information content (AvgIpc) is 2.89. The summed E-state index contributed by atoms with van der Waals surface area (Å²) in [5, 5.41) is 0. The molecule has 1 amide bonds. The number of rotatable bonds is 0. The molecule has 0 bridgehead atoms. The topological polar surface area (TPSA) is 32.8 Å². The number of anilines is 1. The molecule has 5 heteroatoms. The molecule has 1 saturated heterocycles. The van der Waals surface area contributed by atoms with Crippen molar-refractivity contribution in [2.45, 2.75) is 45.1 Å². The van der Waals surface area contributed by atoms with E-state index in [9.17, 15) is 4.79 Å². The van der Waals surface area contributed by atoms with Crippen molar-refractivity contribution in [3.05, 3.63) is 27.7 Å². The second kappa shape index (κ2) is 5.65. The molecule has 0 N–H and O–H groups in total. The monoisotopic (exact) mass is 392 g/mol. The molecule has 0 aromatic heterocycles. The Balaban J connectivity index is 1.63. The number of amides is 1. The van der Waals surface area contributed by atoms with E-state index in [1.165, 1.54) is 23.2 Å². The highest BCUT2D eigenvalue weighted by molar-refractivity contribution is 9.10. The highest BCUT2D eigenvalue weighted by atomic mass is 79.9. The van der Waals surface area contributed by atoms with Crippen LogP contribution >= 0.6 is 15.9 Å². The number of carbonyl (C=O) groups excluding carboxylic acids is 1. The summed E-state index contributed by atoms with van der Waals surface area (Å²) < 4.78 is 6.75. The van der Waals surface area contributed by atoms with Crippen molar-refractivity contribution in [2.24, 2.45) is 5.92 Å². The van der Waals surface area contributed by atoms with Gasteiger partial charge in [0, 0.05) is 48.2 Å². The largest absolute Gasteiger partial charge is 0.444 e. The van der Waals surface area contributed by atoms with Gasteiger partial charge < -0.3 is 14.5 Å². The molecular formula is C19H25BrN2O2. The van der Waals surface area contributed by atoms with E-state index in [1.807, 2.05) is 25.7 Å². The van der Waals surface area contributed by atoms with Crippen molar-refractivity contribution in [3.8, 4) is 0 Å². The van der Waals surface area contributed by atoms with Gasteiger partial charge in [-0.1, -0.05) is 15.9 Å². The number of aryl methyl sites for hydroxylation is 1. The zero-order valence-electron chi connectivity index (χ0n) is 14.6. The Bertz CT molecular complexity index is 683. The van der Waals surface area contributed by atoms with Gasteiger partial charge in [0.05, 0.1) is 0 Å². The summed E-state index contributed by atoms with van der Waals surface area (Å²) in [5.41, 5.74) is 3.88. The van der Waals surface area contributed by atoms with Gasteiger partial charge in [0.15, 0.2) is 0 Å². The van der Waals surface area contributed by atoms with Crippen LogP contribution in [0.25, 0.3) is 0 Å². The van der Waals surface area contributed by atoms with Crippen LogP contribution in [-0.4, -0.2) is 42.8 Å². The van der Waals surface area contributed by atoms with Crippen LogP contribution < -0.4 is 4.90 Å². The maximum absolute atomic E-state index is 12.5. The molecule has 1 aromatic rings. The molecule has 3 heterocycles. The zero-order chi connectivity index (χ0) is 17.1. The van der Waals surface area contributed by atoms with Crippen LogP contribution in [0.4, 0.5) is 10.5 Å². The maximum atomic E-state index is 12.5. The molecule has 4 nitrogen and oxygen atoms in total. The van der Waals surface area contributed by atoms with Crippen LogP contribution in [0.15, 0.2) is 16.6 Å². The number of benzene rings is 1. The molecule has 3 aliphatic rings. The van der Waals surface area contributed by atoms with Crippen LogP contribution in [0.3, 0.4) is 0 Å². The predicted molar refractivity (Wildman–Crippen MR) is 98.7 cm³/mol. The van der Waals surface area contributed by atoms with Gasteiger partial charge in [0.2, 0.25) is 0 Å². The summed E-state index contributed by atoms with van der Waals surface area (Å²) in [6, 6.07) is 4.54. The molecule has 0 spiro atoms. The number of nitrogens with zero attached hydrogens (tertiary/aromatic N) is 2. The number of likely N-dealkylation sites (tertiary alicyclic amines) is 1. The number of fused-ring (bicyclic) bond motifs is 2. The number of carbonyl (C=O) groups is 1. The predicted octanol–water partition coefficient (Wildman–Crippen LogP) is 4.17. The molecule has 130 valence electrons. The lowest BCUT2D eigenvalue weighted by Gasteiger charge is -2.41. The molecule has 1 fully saturated rings. The van der Waals surface area contributed by atoms with Crippen molar-refractivity contribution in [3.63, 3.8) is 0 Å². The Hall–Kier alpha value is -1.23. The van der Waals surface area contributed by atoms with Gasteiger partial charge in [0.1, 0.15) is 5.60 Å². The Morgan fingerprint density at radius 2 is 2.04 bits per heavy atom. The number of ether oxygens (including phenoxy) is 1. The summed E-state index contributed by atoms with van der Waals surface area (Å²) in [4.78, 5) is 16.9. The summed E-state index contributed by atoms with van der Waals surface area (Å²) in [6.07, 6.45) is 2.21. The number of hydrogen-bond donors (Lipinski definition) is 0. The third kappa shape index (κ3) is 2.81. The first kappa shape index (κ1) is 16.2. The third-order valence-corrected chi connectivity index (χ3v) is 5.78. The van der Waals surface area contributed by atoms with Crippen LogP contribution in [0.1, 0.15) is 44.2 Å². The first-order valence-electron chi connectivity index (χ1n) is 8.87. The van der Waals surface area contributed by atoms with Crippen molar-refractivity contribution < 1.29 is 9.53 Å². The minimum atomic E-state index is -0.437. The summed E-state index contributed by atoms with van der Waals surface area (Å²) in [6.45, 7) is 9.56. The van der Waals surface area contributed by atoms with Gasteiger partial charge in [-0.25, -0.2) is 4.79 Å². The lowest BCUT2D eigenvalue weighted by molar-refractivity contribution is 0.0287. The molecule has 2 unspecified atom stereocenters. The van der Waals surface area contributed by atoms with Crippen molar-refractivity contribution >= 4 is 27.7 Å². The van der Waals surface area contributed by atoms with Gasteiger partial charge >= 0.3 is 6.09 Å². The SMILES string of the molecule is CC(C)(C)OC(=O)N1CC2CN3CCCc4cc(Br)cc(c43)C2C1. The second-order valence-electron chi connectivity index (χ2n) is 8.30. The van der Waals surface area contributed by atoms with Gasteiger partial charge in [-0.05, 0) is 56.9 Å². The Morgan fingerprint density at radius 1 is 1.25 bits per heavy atom. The van der Waals surface area contributed by atoms with Crippen molar-refractivity contribution in [1.82, 2.24) is 4.90 Å². The average molecular weight is 393 g/mol. The Morgan fingerprint density at radius 3 is 2.79 bits per heavy atom. The molecule has 2 atom stereocenters. The lowest BCUT2D eigenvalue weighted by Crippen LogP contribution is -2.41. The molecule has 0 radical (unpaired) electrons. The molecule has 1 aromatic carbocycles. The zero-order valence-corrected chi connectivity index (χ0v) is 16.2. The van der Waals surface area contributed by atoms with Crippen LogP contribution in [0.5, 0.6) is 0 Å². The van der Waals surface area contributed by atoms with E-state index in [2.05, 4.69) is 33.0 Å². The van der Waals surface area contributed by atoms with Crippen LogP contribution in [0.2, 0.25) is 0 Å². The maximum Gasteiger partial charge on any atom is 0.410 e. The number of halogens is 1. The normalized spacial score (nSPS) is 25.3. The Kier molecular flexibility index (Phi) is 3.83. The molecule has 24 heavy (non-hydrogen) atoms. The van der Waals surface area contributed by atoms with Gasteiger partial charge in [0.25, 0.3) is 0 Å². The first-order chi connectivity index (χ1) is 11.3. The fourth-order valence-electron chi connectivity index (χ4n) is 4.46. The fourth-order valence-corrected chi connectivity index (χ4v) is 4.98. The summed E-state index contributed by atoms with van der Waals surface area (Å²) in [7, 11) is 0. The van der Waals surface area contributed by atoms with Crippen molar-refractivity contribution in [2.75, 3.05) is 31.1 Å². The quantitative estimate of drug-likeness (QED) is 0.664. The molecule has 0 saturated carbocycles. The van der Waals surface area contributed by atoms with Crippen molar-refractivity contribution in [1.29, 1.82) is 0 Å². The van der Waals surface area contributed by atoms with E-state index in [0.717, 1.165) is 37.1 Å². The van der Waals surface area contributed by atoms with Gasteiger partial charge in [-0.15, -0.1) is 0 Å². The standard InChI is InChI=1S/C19H25BrN2O2/c1-19(2,3)24-18(23)22-10-13-9-21-6-4-5-12-7-14(20)8-15(17(12)21)16(13)11-22/h7-8,13,16H,4-6,9-11H2,1-3H3. The van der Waals surface area contributed by atoms with E-state index >= 15 is 0 Å². The molecule has 3 aliphatic heterocycles. The van der Waals surface area contributed by atoms with Gasteiger partial charge in [-0.3, -0.25) is 0 Å². The van der Waals surface area contributed by atoms with E-state index in [4.69, 9.17) is 4.74 Å². The molecular weight excluding hydrogens is 368 g/mol. The molecule has 4 rings (SSSR count). The van der Waals surface area contributed by atoms with E-state index in [1.54, 1.807) is 0 Å². The molecule has 0 aliphatic carbocycles. The number of hydrogen-bond acceptors (Lipinski definition) is 3. The summed E-state index contributed by atoms with van der Waals surface area (Å²) in [5.74, 6) is 0.934. The van der Waals surface area contributed by atoms with Crippen LogP contribution in [0, 0.1) is 5.92 Å². The summed E-state index contributed by atoms with van der Waals surface area (Å²) >= 11 is 3.68. The smallest absolute Gasteiger partial charge is 0.410 e. The van der Waals surface area contributed by atoms with Crippen LogP contribution in [-0.2, 0) is 11.2 Å². The van der Waals surface area contributed by atoms with Gasteiger partial charge in [-0.2, -0.15) is 0 Å². The first-order valence-corrected chi connectivity index (χ1v) is 9.66.